The molecule has 2 N–H and O–H groups in total. The minimum Gasteiger partial charge on any atom is -0.454 e. The monoisotopic (exact) mass is 424 g/mol. The lowest BCUT2D eigenvalue weighted by molar-refractivity contribution is -0.114. The van der Waals surface area contributed by atoms with Gasteiger partial charge < -0.3 is 15.1 Å². The van der Waals surface area contributed by atoms with Crippen LogP contribution in [0.25, 0.3) is 0 Å². The molecule has 2 aromatic heterocycles. The summed E-state index contributed by atoms with van der Waals surface area (Å²) in [6.45, 7) is 1.02. The van der Waals surface area contributed by atoms with Crippen LogP contribution >= 0.6 is 0 Å². The van der Waals surface area contributed by atoms with Gasteiger partial charge in [0.1, 0.15) is 17.1 Å². The summed E-state index contributed by atoms with van der Waals surface area (Å²) in [7, 11) is 0. The standard InChI is InChI=1S/C19H16F4N4O3/c1-10(28)24-11-2-4-12(5-3-11)25-19(29)16-7-6-13(30-16)9-27-15(18(22)23)8-14(26-27)17(20)21/h2-8,17-18H,9H2,1H3,(H,24,28)(H,25,29). The van der Waals surface area contributed by atoms with Crippen molar-refractivity contribution in [2.24, 2.45) is 0 Å². The van der Waals surface area contributed by atoms with Crippen molar-refractivity contribution < 1.29 is 31.6 Å². The van der Waals surface area contributed by atoms with Gasteiger partial charge in [-0.25, -0.2) is 17.6 Å². The van der Waals surface area contributed by atoms with Gasteiger partial charge in [0, 0.05) is 18.3 Å². The lowest BCUT2D eigenvalue weighted by atomic mass is 10.2. The number of furan rings is 1. The van der Waals surface area contributed by atoms with E-state index >= 15 is 0 Å². The molecule has 0 aliphatic carbocycles. The molecule has 11 heteroatoms. The van der Waals surface area contributed by atoms with Crippen LogP contribution in [0.4, 0.5) is 28.9 Å². The molecule has 0 bridgehead atoms. The van der Waals surface area contributed by atoms with Crippen LogP contribution in [0.2, 0.25) is 0 Å². The molecule has 0 aliphatic heterocycles. The number of carbonyl (C=O) groups excluding carboxylic acids is 2. The molecule has 2 amide bonds. The fraction of sp³-hybridized carbons (Fsp3) is 0.211. The Balaban J connectivity index is 1.69. The number of carbonyl (C=O) groups is 2. The van der Waals surface area contributed by atoms with Crippen molar-refractivity contribution in [2.45, 2.75) is 26.3 Å². The molecule has 0 spiro atoms. The van der Waals surface area contributed by atoms with Crippen molar-refractivity contribution >= 4 is 23.2 Å². The van der Waals surface area contributed by atoms with E-state index in [0.29, 0.717) is 22.1 Å². The minimum atomic E-state index is -3.00. The Hall–Kier alpha value is -3.63. The van der Waals surface area contributed by atoms with Gasteiger partial charge in [0.25, 0.3) is 18.8 Å². The van der Waals surface area contributed by atoms with E-state index in [4.69, 9.17) is 4.42 Å². The molecule has 30 heavy (non-hydrogen) atoms. The Labute approximate surface area is 167 Å². The average Bonchev–Trinajstić information content (AvgIpc) is 3.31. The van der Waals surface area contributed by atoms with Crippen LogP contribution in [0.5, 0.6) is 0 Å². The van der Waals surface area contributed by atoms with Crippen LogP contribution in [-0.2, 0) is 11.3 Å². The maximum Gasteiger partial charge on any atom is 0.291 e. The van der Waals surface area contributed by atoms with Crippen LogP contribution in [-0.4, -0.2) is 21.6 Å². The van der Waals surface area contributed by atoms with E-state index in [1.54, 1.807) is 24.3 Å². The summed E-state index contributed by atoms with van der Waals surface area (Å²) in [5, 5.41) is 8.64. The van der Waals surface area contributed by atoms with Gasteiger partial charge in [-0.05, 0) is 42.5 Å². The van der Waals surface area contributed by atoms with Crippen LogP contribution in [0.1, 0.15) is 47.5 Å². The van der Waals surface area contributed by atoms with Crippen molar-refractivity contribution in [1.82, 2.24) is 9.78 Å². The summed E-state index contributed by atoms with van der Waals surface area (Å²) in [5.41, 5.74) is -0.455. The first-order chi connectivity index (χ1) is 14.2. The smallest absolute Gasteiger partial charge is 0.291 e. The molecule has 0 aliphatic rings. The number of amides is 2. The maximum absolute atomic E-state index is 13.1. The molecule has 1 aromatic carbocycles. The molecule has 0 saturated carbocycles. The molecular weight excluding hydrogens is 408 g/mol. The van der Waals surface area contributed by atoms with E-state index in [1.165, 1.54) is 19.1 Å². The topological polar surface area (TPSA) is 89.2 Å². The summed E-state index contributed by atoms with van der Waals surface area (Å²) >= 11 is 0. The molecule has 3 aromatic rings. The lowest BCUT2D eigenvalue weighted by Crippen LogP contribution is -2.11. The Morgan fingerprint density at radius 2 is 1.63 bits per heavy atom. The van der Waals surface area contributed by atoms with E-state index < -0.39 is 30.1 Å². The second-order valence-corrected chi connectivity index (χ2v) is 6.23. The van der Waals surface area contributed by atoms with E-state index in [9.17, 15) is 27.2 Å². The van der Waals surface area contributed by atoms with Crippen molar-refractivity contribution in [3.05, 3.63) is 65.4 Å². The fourth-order valence-corrected chi connectivity index (χ4v) is 2.63. The number of aromatic nitrogens is 2. The van der Waals surface area contributed by atoms with Gasteiger partial charge in [0.2, 0.25) is 5.91 Å². The van der Waals surface area contributed by atoms with Gasteiger partial charge in [-0.2, -0.15) is 5.10 Å². The first-order valence-corrected chi connectivity index (χ1v) is 8.64. The lowest BCUT2D eigenvalue weighted by Gasteiger charge is -2.06. The first-order valence-electron chi connectivity index (χ1n) is 8.64. The Morgan fingerprint density at radius 1 is 1.00 bits per heavy atom. The van der Waals surface area contributed by atoms with Crippen LogP contribution in [0.15, 0.2) is 46.9 Å². The summed E-state index contributed by atoms with van der Waals surface area (Å²) in [4.78, 5) is 23.3. The zero-order chi connectivity index (χ0) is 21.8. The quantitative estimate of drug-likeness (QED) is 0.542. The largest absolute Gasteiger partial charge is 0.454 e. The molecule has 7 nitrogen and oxygen atoms in total. The zero-order valence-electron chi connectivity index (χ0n) is 15.5. The summed E-state index contributed by atoms with van der Waals surface area (Å²) in [5.74, 6) is -0.846. The van der Waals surface area contributed by atoms with Gasteiger partial charge in [-0.1, -0.05) is 0 Å². The second-order valence-electron chi connectivity index (χ2n) is 6.23. The van der Waals surface area contributed by atoms with Crippen LogP contribution in [0.3, 0.4) is 0 Å². The number of rotatable bonds is 7. The fourth-order valence-electron chi connectivity index (χ4n) is 2.63. The Kier molecular flexibility index (Phi) is 6.19. The van der Waals surface area contributed by atoms with E-state index in [2.05, 4.69) is 15.7 Å². The minimum absolute atomic E-state index is 0.0898. The third-order valence-corrected chi connectivity index (χ3v) is 3.93. The van der Waals surface area contributed by atoms with Gasteiger partial charge in [0.05, 0.1) is 6.54 Å². The van der Waals surface area contributed by atoms with Crippen molar-refractivity contribution in [2.75, 3.05) is 10.6 Å². The van der Waals surface area contributed by atoms with Gasteiger partial charge >= 0.3 is 0 Å². The number of hydrogen-bond acceptors (Lipinski definition) is 4. The molecule has 2 heterocycles. The summed E-state index contributed by atoms with van der Waals surface area (Å²) in [6, 6.07) is 9.65. The highest BCUT2D eigenvalue weighted by Crippen LogP contribution is 2.26. The van der Waals surface area contributed by atoms with Crippen molar-refractivity contribution in [3.8, 4) is 0 Å². The number of halogens is 4. The maximum atomic E-state index is 13.1. The van der Waals surface area contributed by atoms with Gasteiger partial charge in [0.15, 0.2) is 5.76 Å². The molecule has 3 rings (SSSR count). The second kappa shape index (κ2) is 8.80. The number of anilines is 2. The van der Waals surface area contributed by atoms with Crippen LogP contribution in [0, 0.1) is 0 Å². The molecule has 158 valence electrons. The normalized spacial score (nSPS) is 11.2. The highest BCUT2D eigenvalue weighted by atomic mass is 19.3. The zero-order valence-corrected chi connectivity index (χ0v) is 15.5. The number of nitrogens with zero attached hydrogens (tertiary/aromatic N) is 2. The first kappa shape index (κ1) is 21.1. The Bertz CT molecular complexity index is 1040. The number of hydrogen-bond donors (Lipinski definition) is 2. The predicted octanol–water partition coefficient (Wildman–Crippen LogP) is 4.61. The summed E-state index contributed by atoms with van der Waals surface area (Å²) in [6.07, 6.45) is -5.98. The van der Waals surface area contributed by atoms with E-state index in [0.717, 1.165) is 0 Å². The third kappa shape index (κ3) is 5.04. The highest BCUT2D eigenvalue weighted by molar-refractivity contribution is 6.02. The Morgan fingerprint density at radius 3 is 2.20 bits per heavy atom. The van der Waals surface area contributed by atoms with E-state index in [1.807, 2.05) is 0 Å². The average molecular weight is 424 g/mol. The number of benzene rings is 1. The van der Waals surface area contributed by atoms with Gasteiger partial charge in [-0.15, -0.1) is 0 Å². The predicted molar refractivity (Wildman–Crippen MR) is 98.6 cm³/mol. The van der Waals surface area contributed by atoms with Crippen molar-refractivity contribution in [1.29, 1.82) is 0 Å². The van der Waals surface area contributed by atoms with Crippen molar-refractivity contribution in [3.63, 3.8) is 0 Å². The molecule has 0 atom stereocenters. The third-order valence-electron chi connectivity index (χ3n) is 3.93. The summed E-state index contributed by atoms with van der Waals surface area (Å²) < 4.78 is 57.7. The molecule has 0 fully saturated rings. The number of nitrogens with one attached hydrogen (secondary N) is 2. The molecule has 0 saturated heterocycles. The highest BCUT2D eigenvalue weighted by Gasteiger charge is 2.22. The molecular formula is C19H16F4N4O3. The van der Waals surface area contributed by atoms with E-state index in [-0.39, 0.29) is 24.0 Å². The van der Waals surface area contributed by atoms with Gasteiger partial charge in [-0.3, -0.25) is 14.3 Å². The molecule has 0 radical (unpaired) electrons. The SMILES string of the molecule is CC(=O)Nc1ccc(NC(=O)c2ccc(Cn3nc(C(F)F)cc3C(F)F)o2)cc1. The molecule has 0 unspecified atom stereocenters. The number of alkyl halides is 4. The van der Waals surface area contributed by atoms with Crippen LogP contribution < -0.4 is 10.6 Å².